The van der Waals surface area contributed by atoms with Gasteiger partial charge in [0.05, 0.1) is 0 Å². The molecule has 0 aromatic carbocycles. The minimum Gasteiger partial charge on any atom is -0.317 e. The number of rotatable bonds is 1. The van der Waals surface area contributed by atoms with Crippen molar-refractivity contribution in [2.45, 2.75) is 25.7 Å². The molecule has 2 heteroatoms. The maximum atomic E-state index is 3.51. The lowest BCUT2D eigenvalue weighted by Gasteiger charge is -2.33. The summed E-state index contributed by atoms with van der Waals surface area (Å²) >= 11 is 0. The third-order valence-corrected chi connectivity index (χ3v) is 3.39. The Morgan fingerprint density at radius 1 is 0.750 bits per heavy atom. The van der Waals surface area contributed by atoms with Crippen molar-refractivity contribution in [3.63, 3.8) is 0 Å². The fraction of sp³-hybridized carbons (Fsp3) is 1.00. The third kappa shape index (κ3) is 1.99. The number of hydrogen-bond donors (Lipinski definition) is 2. The lowest BCUT2D eigenvalue weighted by atomic mass is 9.81. The first-order valence-corrected chi connectivity index (χ1v) is 5.38. The standard InChI is InChI=1S/C10H20N2/c1-2-10(8-12-5-1)9-3-6-11-7-4-9/h9-12H,1-8H2. The second kappa shape index (κ2) is 4.24. The van der Waals surface area contributed by atoms with Crippen LogP contribution < -0.4 is 10.6 Å². The predicted molar refractivity (Wildman–Crippen MR) is 51.2 cm³/mol. The van der Waals surface area contributed by atoms with E-state index in [0.717, 1.165) is 11.8 Å². The van der Waals surface area contributed by atoms with Crippen LogP contribution in [0, 0.1) is 11.8 Å². The molecule has 0 radical (unpaired) electrons. The molecule has 1 unspecified atom stereocenters. The van der Waals surface area contributed by atoms with Gasteiger partial charge in [0.2, 0.25) is 0 Å². The highest BCUT2D eigenvalue weighted by Crippen LogP contribution is 2.26. The molecular formula is C10H20N2. The Kier molecular flexibility index (Phi) is 3.01. The summed E-state index contributed by atoms with van der Waals surface area (Å²) in [6, 6.07) is 0. The molecule has 0 aliphatic carbocycles. The van der Waals surface area contributed by atoms with E-state index < -0.39 is 0 Å². The van der Waals surface area contributed by atoms with E-state index in [0.29, 0.717) is 0 Å². The van der Waals surface area contributed by atoms with Gasteiger partial charge in [-0.2, -0.15) is 0 Å². The molecule has 2 rings (SSSR count). The topological polar surface area (TPSA) is 24.1 Å². The van der Waals surface area contributed by atoms with Crippen molar-refractivity contribution in [3.05, 3.63) is 0 Å². The molecule has 0 saturated carbocycles. The molecule has 70 valence electrons. The quantitative estimate of drug-likeness (QED) is 0.610. The van der Waals surface area contributed by atoms with Gasteiger partial charge in [-0.3, -0.25) is 0 Å². The van der Waals surface area contributed by atoms with Gasteiger partial charge in [-0.25, -0.2) is 0 Å². The van der Waals surface area contributed by atoms with Gasteiger partial charge in [-0.15, -0.1) is 0 Å². The zero-order valence-corrected chi connectivity index (χ0v) is 7.81. The van der Waals surface area contributed by atoms with Crippen LogP contribution in [0.5, 0.6) is 0 Å². The van der Waals surface area contributed by atoms with Crippen LogP contribution in [0.2, 0.25) is 0 Å². The van der Waals surface area contributed by atoms with Crippen molar-refractivity contribution in [2.24, 2.45) is 11.8 Å². The van der Waals surface area contributed by atoms with E-state index in [2.05, 4.69) is 10.6 Å². The molecule has 2 nitrogen and oxygen atoms in total. The van der Waals surface area contributed by atoms with Crippen LogP contribution >= 0.6 is 0 Å². The molecule has 0 bridgehead atoms. The van der Waals surface area contributed by atoms with Crippen LogP contribution in [0.1, 0.15) is 25.7 Å². The number of nitrogens with one attached hydrogen (secondary N) is 2. The third-order valence-electron chi connectivity index (χ3n) is 3.39. The second-order valence-electron chi connectivity index (χ2n) is 4.19. The van der Waals surface area contributed by atoms with Gasteiger partial charge in [0, 0.05) is 0 Å². The molecular weight excluding hydrogens is 148 g/mol. The van der Waals surface area contributed by atoms with Gasteiger partial charge in [0.15, 0.2) is 0 Å². The fourth-order valence-electron chi connectivity index (χ4n) is 2.60. The lowest BCUT2D eigenvalue weighted by Crippen LogP contribution is -2.38. The van der Waals surface area contributed by atoms with Gasteiger partial charge in [0.25, 0.3) is 0 Å². The van der Waals surface area contributed by atoms with Gasteiger partial charge in [-0.05, 0) is 63.7 Å². The molecule has 2 fully saturated rings. The summed E-state index contributed by atoms with van der Waals surface area (Å²) in [5.41, 5.74) is 0. The molecule has 2 aliphatic rings. The van der Waals surface area contributed by atoms with Crippen LogP contribution in [0.25, 0.3) is 0 Å². The van der Waals surface area contributed by atoms with Crippen molar-refractivity contribution in [3.8, 4) is 0 Å². The Balaban J connectivity index is 1.80. The fourth-order valence-corrected chi connectivity index (χ4v) is 2.60. The van der Waals surface area contributed by atoms with Gasteiger partial charge < -0.3 is 10.6 Å². The van der Waals surface area contributed by atoms with Crippen molar-refractivity contribution in [2.75, 3.05) is 26.2 Å². The zero-order valence-electron chi connectivity index (χ0n) is 7.81. The summed E-state index contributed by atoms with van der Waals surface area (Å²) < 4.78 is 0. The molecule has 2 N–H and O–H groups in total. The minimum atomic E-state index is 0.987. The molecule has 0 aromatic heterocycles. The van der Waals surface area contributed by atoms with Crippen molar-refractivity contribution >= 4 is 0 Å². The summed E-state index contributed by atoms with van der Waals surface area (Å²) in [5, 5.41) is 6.95. The van der Waals surface area contributed by atoms with Crippen LogP contribution in [0.4, 0.5) is 0 Å². The van der Waals surface area contributed by atoms with Crippen molar-refractivity contribution < 1.29 is 0 Å². The zero-order chi connectivity index (χ0) is 8.23. The Hall–Kier alpha value is -0.0800. The SMILES string of the molecule is C1CNCC(C2CCNCC2)C1. The predicted octanol–water partition coefficient (Wildman–Crippen LogP) is 0.986. The van der Waals surface area contributed by atoms with E-state index in [4.69, 9.17) is 0 Å². The van der Waals surface area contributed by atoms with E-state index in [-0.39, 0.29) is 0 Å². The normalized spacial score (nSPS) is 33.5. The highest BCUT2D eigenvalue weighted by atomic mass is 14.9. The molecule has 0 spiro atoms. The van der Waals surface area contributed by atoms with Crippen LogP contribution in [0.15, 0.2) is 0 Å². The maximum absolute atomic E-state index is 3.51. The van der Waals surface area contributed by atoms with E-state index in [9.17, 15) is 0 Å². The first kappa shape index (κ1) is 8.52. The van der Waals surface area contributed by atoms with Gasteiger partial charge >= 0.3 is 0 Å². The van der Waals surface area contributed by atoms with Gasteiger partial charge in [-0.1, -0.05) is 0 Å². The maximum Gasteiger partial charge on any atom is -0.00178 e. The van der Waals surface area contributed by atoms with E-state index in [1.165, 1.54) is 51.9 Å². The molecule has 2 aliphatic heterocycles. The van der Waals surface area contributed by atoms with Gasteiger partial charge in [0.1, 0.15) is 0 Å². The summed E-state index contributed by atoms with van der Waals surface area (Å²) in [7, 11) is 0. The van der Waals surface area contributed by atoms with Crippen LogP contribution in [-0.4, -0.2) is 26.2 Å². The Morgan fingerprint density at radius 2 is 1.58 bits per heavy atom. The highest BCUT2D eigenvalue weighted by Gasteiger charge is 2.24. The first-order chi connectivity index (χ1) is 5.97. The van der Waals surface area contributed by atoms with E-state index >= 15 is 0 Å². The monoisotopic (exact) mass is 168 g/mol. The van der Waals surface area contributed by atoms with Crippen molar-refractivity contribution in [1.29, 1.82) is 0 Å². The average molecular weight is 168 g/mol. The molecule has 12 heavy (non-hydrogen) atoms. The summed E-state index contributed by atoms with van der Waals surface area (Å²) in [6.07, 6.45) is 5.69. The Morgan fingerprint density at radius 3 is 2.25 bits per heavy atom. The minimum absolute atomic E-state index is 0.987. The van der Waals surface area contributed by atoms with E-state index in [1.807, 2.05) is 0 Å². The van der Waals surface area contributed by atoms with Crippen LogP contribution in [-0.2, 0) is 0 Å². The molecule has 0 amide bonds. The Bertz CT molecular complexity index is 108. The molecule has 2 heterocycles. The molecule has 2 saturated heterocycles. The number of piperidine rings is 2. The highest BCUT2D eigenvalue weighted by molar-refractivity contribution is 4.79. The lowest BCUT2D eigenvalue weighted by molar-refractivity contribution is 0.216. The number of hydrogen-bond acceptors (Lipinski definition) is 2. The van der Waals surface area contributed by atoms with Crippen LogP contribution in [0.3, 0.4) is 0 Å². The van der Waals surface area contributed by atoms with E-state index in [1.54, 1.807) is 0 Å². The summed E-state index contributed by atoms with van der Waals surface area (Å²) in [5.74, 6) is 2.00. The van der Waals surface area contributed by atoms with Crippen molar-refractivity contribution in [1.82, 2.24) is 10.6 Å². The average Bonchev–Trinajstić information content (AvgIpc) is 2.21. The smallest absolute Gasteiger partial charge is 0.00178 e. The first-order valence-electron chi connectivity index (χ1n) is 5.38. The molecule has 0 aromatic rings. The largest absolute Gasteiger partial charge is 0.317 e. The summed E-state index contributed by atoms with van der Waals surface area (Å²) in [4.78, 5) is 0. The second-order valence-corrected chi connectivity index (χ2v) is 4.19. The molecule has 1 atom stereocenters. The summed E-state index contributed by atoms with van der Waals surface area (Å²) in [6.45, 7) is 5.04. The Labute approximate surface area is 75.1 Å².